The van der Waals surface area contributed by atoms with Gasteiger partial charge in [0.25, 0.3) is 10.0 Å². The molecule has 1 saturated heterocycles. The standard InChI is InChI=1S/C27H32N4O2S.C4H4O4/c1-30-17-27(28-18-30)34(32,33)29-14-20-7-8-21-9-10-26(31-15-22-13-23(22)16-31)25(24(21)12-20)11-19-5-3-2-4-6-19;5-3(6)1-2-4(7)8/h2-8,12,17-18,22-23,25-26,29H,9-11,13-16H2,1H3;1-2H,(H,5,6)(H,7,8)/t22-,23+,25?,26?;. The molecule has 3 aromatic rings. The molecule has 2 aliphatic carbocycles. The number of likely N-dealkylation sites (tertiary alicyclic amines) is 1. The highest BCUT2D eigenvalue weighted by Crippen LogP contribution is 2.48. The summed E-state index contributed by atoms with van der Waals surface area (Å²) in [7, 11) is -1.87. The third-order valence-electron chi connectivity index (χ3n) is 8.35. The molecule has 0 amide bonds. The molecule has 2 fully saturated rings. The number of fused-ring (bicyclic) bond motifs is 2. The Kier molecular flexibility index (Phi) is 8.91. The normalized spacial score (nSPS) is 23.1. The first kappa shape index (κ1) is 29.7. The van der Waals surface area contributed by atoms with Crippen molar-refractivity contribution in [2.45, 2.75) is 49.2 Å². The molecule has 42 heavy (non-hydrogen) atoms. The molecule has 1 aromatic heterocycles. The van der Waals surface area contributed by atoms with Crippen molar-refractivity contribution in [1.82, 2.24) is 19.2 Å². The summed E-state index contributed by atoms with van der Waals surface area (Å²) in [6, 6.07) is 17.9. The van der Waals surface area contributed by atoms with Crippen LogP contribution in [0.5, 0.6) is 0 Å². The highest BCUT2D eigenvalue weighted by Gasteiger charge is 2.48. The lowest BCUT2D eigenvalue weighted by molar-refractivity contribution is -0.134. The number of aliphatic carboxylic acids is 2. The SMILES string of the molecule is Cn1cnc(S(=O)(=O)NCc2ccc3c(c2)C(Cc2ccccc2)C(N2C[C@H]4C[C@H]4C2)CC3)c1.O=C(O)C=CC(=O)O. The van der Waals surface area contributed by atoms with Gasteiger partial charge in [-0.1, -0.05) is 48.5 Å². The number of hydrogen-bond acceptors (Lipinski definition) is 6. The Bertz CT molecular complexity index is 1540. The molecule has 222 valence electrons. The van der Waals surface area contributed by atoms with E-state index in [0.717, 1.165) is 30.2 Å². The summed E-state index contributed by atoms with van der Waals surface area (Å²) in [5, 5.41) is 15.7. The minimum atomic E-state index is -3.64. The predicted molar refractivity (Wildman–Crippen MR) is 156 cm³/mol. The number of rotatable bonds is 9. The van der Waals surface area contributed by atoms with Crippen molar-refractivity contribution >= 4 is 22.0 Å². The Morgan fingerprint density at radius 1 is 1.02 bits per heavy atom. The molecule has 4 atom stereocenters. The van der Waals surface area contributed by atoms with Gasteiger partial charge in [-0.2, -0.15) is 0 Å². The summed E-state index contributed by atoms with van der Waals surface area (Å²) in [4.78, 5) is 25.9. The Balaban J connectivity index is 0.000000390. The van der Waals surface area contributed by atoms with Crippen molar-refractivity contribution in [1.29, 1.82) is 0 Å². The Labute approximate surface area is 245 Å². The van der Waals surface area contributed by atoms with Crippen LogP contribution in [0.15, 0.2) is 78.2 Å². The number of nitrogens with one attached hydrogen (secondary N) is 1. The molecule has 2 aromatic carbocycles. The van der Waals surface area contributed by atoms with E-state index in [4.69, 9.17) is 10.2 Å². The van der Waals surface area contributed by atoms with Gasteiger partial charge in [-0.15, -0.1) is 0 Å². The van der Waals surface area contributed by atoms with Crippen molar-refractivity contribution in [3.63, 3.8) is 0 Å². The van der Waals surface area contributed by atoms with Gasteiger partial charge in [0.05, 0.1) is 6.33 Å². The van der Waals surface area contributed by atoms with Gasteiger partial charge < -0.3 is 14.8 Å². The van der Waals surface area contributed by atoms with Gasteiger partial charge in [-0.3, -0.25) is 4.90 Å². The van der Waals surface area contributed by atoms with Crippen molar-refractivity contribution in [2.75, 3.05) is 13.1 Å². The Morgan fingerprint density at radius 2 is 1.71 bits per heavy atom. The number of benzene rings is 2. The number of piperidine rings is 1. The van der Waals surface area contributed by atoms with Crippen molar-refractivity contribution < 1.29 is 28.2 Å². The summed E-state index contributed by atoms with van der Waals surface area (Å²) in [5.74, 6) is -0.243. The second kappa shape index (κ2) is 12.6. The van der Waals surface area contributed by atoms with E-state index < -0.39 is 22.0 Å². The van der Waals surface area contributed by atoms with Gasteiger partial charge >= 0.3 is 11.9 Å². The molecule has 11 heteroatoms. The lowest BCUT2D eigenvalue weighted by Crippen LogP contribution is -2.42. The van der Waals surface area contributed by atoms with Crippen LogP contribution in [0.3, 0.4) is 0 Å². The monoisotopic (exact) mass is 592 g/mol. The number of aromatic nitrogens is 2. The molecule has 2 heterocycles. The minimum absolute atomic E-state index is 0.0579. The summed E-state index contributed by atoms with van der Waals surface area (Å²) >= 11 is 0. The lowest BCUT2D eigenvalue weighted by Gasteiger charge is -2.40. The molecule has 1 aliphatic heterocycles. The molecule has 0 bridgehead atoms. The molecule has 0 radical (unpaired) electrons. The Hall–Kier alpha value is -3.80. The predicted octanol–water partition coefficient (Wildman–Crippen LogP) is 3.20. The molecule has 3 N–H and O–H groups in total. The zero-order valence-corrected chi connectivity index (χ0v) is 24.3. The van der Waals surface area contributed by atoms with Crippen molar-refractivity contribution in [2.24, 2.45) is 18.9 Å². The van der Waals surface area contributed by atoms with E-state index >= 15 is 0 Å². The lowest BCUT2D eigenvalue weighted by atomic mass is 9.75. The minimum Gasteiger partial charge on any atom is -0.478 e. The van der Waals surface area contributed by atoms with Crippen LogP contribution in [0.2, 0.25) is 0 Å². The van der Waals surface area contributed by atoms with Crippen LogP contribution in [-0.2, 0) is 46.0 Å². The first-order valence-corrected chi connectivity index (χ1v) is 15.6. The highest BCUT2D eigenvalue weighted by molar-refractivity contribution is 7.89. The van der Waals surface area contributed by atoms with E-state index in [1.54, 1.807) is 11.6 Å². The number of imidazole rings is 1. The van der Waals surface area contributed by atoms with Crippen LogP contribution in [0.4, 0.5) is 0 Å². The van der Waals surface area contributed by atoms with E-state index in [1.165, 1.54) is 55.1 Å². The van der Waals surface area contributed by atoms with E-state index in [1.807, 2.05) is 0 Å². The summed E-state index contributed by atoms with van der Waals surface area (Å²) in [6.07, 6.45) is 8.88. The van der Waals surface area contributed by atoms with Gasteiger partial charge in [0.1, 0.15) is 0 Å². The number of carboxylic acid groups (broad SMARTS) is 2. The molecular weight excluding hydrogens is 556 g/mol. The van der Waals surface area contributed by atoms with Gasteiger partial charge in [0, 0.05) is 57.0 Å². The Morgan fingerprint density at radius 3 is 2.33 bits per heavy atom. The number of hydrogen-bond donors (Lipinski definition) is 3. The zero-order chi connectivity index (χ0) is 29.9. The average molecular weight is 593 g/mol. The van der Waals surface area contributed by atoms with Crippen LogP contribution in [0.25, 0.3) is 0 Å². The second-order valence-corrected chi connectivity index (χ2v) is 13.1. The van der Waals surface area contributed by atoms with Crippen molar-refractivity contribution in [3.8, 4) is 0 Å². The number of sulfonamides is 1. The molecule has 2 unspecified atom stereocenters. The fourth-order valence-electron chi connectivity index (χ4n) is 6.22. The van der Waals surface area contributed by atoms with E-state index in [-0.39, 0.29) is 11.6 Å². The van der Waals surface area contributed by atoms with E-state index in [0.29, 0.717) is 24.1 Å². The van der Waals surface area contributed by atoms with Crippen LogP contribution in [0.1, 0.15) is 41.0 Å². The molecule has 0 spiro atoms. The smallest absolute Gasteiger partial charge is 0.328 e. The van der Waals surface area contributed by atoms with Gasteiger partial charge in [-0.25, -0.2) is 27.7 Å². The largest absolute Gasteiger partial charge is 0.478 e. The molecule has 10 nitrogen and oxygen atoms in total. The third-order valence-corrected chi connectivity index (χ3v) is 9.64. The molecule has 6 rings (SSSR count). The average Bonchev–Trinajstić information content (AvgIpc) is 3.32. The quantitative estimate of drug-likeness (QED) is 0.322. The van der Waals surface area contributed by atoms with Crippen molar-refractivity contribution in [3.05, 3.63) is 95.5 Å². The molecule has 3 aliphatic rings. The summed E-state index contributed by atoms with van der Waals surface area (Å²) in [5.41, 5.74) is 5.19. The maximum atomic E-state index is 12.7. The maximum Gasteiger partial charge on any atom is 0.328 e. The topological polar surface area (TPSA) is 142 Å². The summed E-state index contributed by atoms with van der Waals surface area (Å²) in [6.45, 7) is 2.77. The highest BCUT2D eigenvalue weighted by atomic mass is 32.2. The fourth-order valence-corrected chi connectivity index (χ4v) is 7.21. The molecular formula is C31H36N4O6S. The van der Waals surface area contributed by atoms with Gasteiger partial charge in [0.2, 0.25) is 0 Å². The maximum absolute atomic E-state index is 12.7. The van der Waals surface area contributed by atoms with Crippen LogP contribution in [0, 0.1) is 11.8 Å². The first-order chi connectivity index (χ1) is 20.1. The first-order valence-electron chi connectivity index (χ1n) is 14.1. The zero-order valence-electron chi connectivity index (χ0n) is 23.5. The van der Waals surface area contributed by atoms with Gasteiger partial charge in [0.15, 0.2) is 5.03 Å². The number of aryl methyl sites for hydroxylation is 2. The van der Waals surface area contributed by atoms with E-state index in [9.17, 15) is 18.0 Å². The van der Waals surface area contributed by atoms with E-state index in [2.05, 4.69) is 63.1 Å². The fraction of sp³-hybridized carbons (Fsp3) is 0.387. The summed E-state index contributed by atoms with van der Waals surface area (Å²) < 4.78 is 29.7. The van der Waals surface area contributed by atoms with Crippen LogP contribution < -0.4 is 4.72 Å². The van der Waals surface area contributed by atoms with Crippen LogP contribution in [-0.4, -0.2) is 64.2 Å². The molecule has 1 saturated carbocycles. The third kappa shape index (κ3) is 7.33. The number of carboxylic acids is 2. The van der Waals surface area contributed by atoms with Gasteiger partial charge in [-0.05, 0) is 59.8 Å². The second-order valence-electron chi connectivity index (χ2n) is 11.4. The number of nitrogens with zero attached hydrogens (tertiary/aromatic N) is 3. The number of carbonyl (C=O) groups is 2. The van der Waals surface area contributed by atoms with Crippen LogP contribution >= 0.6 is 0 Å².